The van der Waals surface area contributed by atoms with Crippen LogP contribution in [0.3, 0.4) is 0 Å². The van der Waals surface area contributed by atoms with Crippen LogP contribution in [0.5, 0.6) is 0 Å². The zero-order valence-corrected chi connectivity index (χ0v) is 12.7. The summed E-state index contributed by atoms with van der Waals surface area (Å²) in [5.74, 6) is 0.164. The van der Waals surface area contributed by atoms with Gasteiger partial charge in [0.15, 0.2) is 0 Å². The predicted octanol–water partition coefficient (Wildman–Crippen LogP) is 2.55. The van der Waals surface area contributed by atoms with E-state index in [9.17, 15) is 9.59 Å². The van der Waals surface area contributed by atoms with E-state index in [1.807, 2.05) is 30.7 Å². The molecule has 2 amide bonds. The largest absolute Gasteiger partial charge is 0.340 e. The highest BCUT2D eigenvalue weighted by molar-refractivity contribution is 7.08. The molecule has 20 heavy (non-hydrogen) atoms. The number of thiophene rings is 1. The lowest BCUT2D eigenvalue weighted by atomic mass is 9.87. The maximum Gasteiger partial charge on any atom is 0.253 e. The fourth-order valence-electron chi connectivity index (χ4n) is 3.43. The highest BCUT2D eigenvalue weighted by atomic mass is 32.1. The lowest BCUT2D eigenvalue weighted by molar-refractivity contribution is -0.139. The molecule has 5 heteroatoms. The van der Waals surface area contributed by atoms with E-state index in [1.54, 1.807) is 16.2 Å². The van der Waals surface area contributed by atoms with E-state index in [1.165, 1.54) is 0 Å². The second-order valence-corrected chi connectivity index (χ2v) is 6.90. The molecule has 1 unspecified atom stereocenters. The Morgan fingerprint density at radius 3 is 2.60 bits per heavy atom. The Balaban J connectivity index is 2.04. The van der Waals surface area contributed by atoms with Crippen LogP contribution in [0.1, 0.15) is 39.5 Å². The number of anilines is 1. The molecule has 2 fully saturated rings. The molecule has 1 atom stereocenters. The summed E-state index contributed by atoms with van der Waals surface area (Å²) in [6, 6.07) is 1.53. The maximum atomic E-state index is 13.0. The zero-order valence-electron chi connectivity index (χ0n) is 11.9. The molecule has 1 aliphatic carbocycles. The first-order chi connectivity index (χ1) is 9.55. The van der Waals surface area contributed by atoms with Crippen molar-refractivity contribution in [2.24, 2.45) is 5.92 Å². The van der Waals surface area contributed by atoms with E-state index in [-0.39, 0.29) is 17.7 Å². The Morgan fingerprint density at radius 2 is 2.05 bits per heavy atom. The number of hydrogen-bond acceptors (Lipinski definition) is 3. The number of piperazine rings is 1. The molecule has 1 spiro atoms. The summed E-state index contributed by atoms with van der Waals surface area (Å²) in [5, 5.41) is 6.94. The van der Waals surface area contributed by atoms with Gasteiger partial charge in [0.25, 0.3) is 5.91 Å². The van der Waals surface area contributed by atoms with Gasteiger partial charge in [-0.2, -0.15) is 11.3 Å². The van der Waals surface area contributed by atoms with Crippen molar-refractivity contribution in [3.63, 3.8) is 0 Å². The third-order valence-electron chi connectivity index (χ3n) is 4.41. The number of carbonyl (C=O) groups is 2. The summed E-state index contributed by atoms with van der Waals surface area (Å²) in [5.41, 5.74) is 0.213. The average molecular weight is 292 g/mol. The molecule has 1 saturated carbocycles. The van der Waals surface area contributed by atoms with Crippen molar-refractivity contribution in [1.29, 1.82) is 0 Å². The van der Waals surface area contributed by atoms with Crippen LogP contribution in [0, 0.1) is 5.92 Å². The van der Waals surface area contributed by atoms with Gasteiger partial charge in [-0.25, -0.2) is 0 Å². The molecular weight excluding hydrogens is 272 g/mol. The second kappa shape index (κ2) is 4.88. The SMILES string of the molecule is CC(C)C1C(=O)NC2(CCCC2)C(=O)N1c1ccsc1. The topological polar surface area (TPSA) is 49.4 Å². The van der Waals surface area contributed by atoms with Crippen molar-refractivity contribution in [2.45, 2.75) is 51.1 Å². The predicted molar refractivity (Wildman–Crippen MR) is 79.8 cm³/mol. The summed E-state index contributed by atoms with van der Waals surface area (Å²) in [7, 11) is 0. The molecule has 1 aliphatic heterocycles. The van der Waals surface area contributed by atoms with Crippen molar-refractivity contribution in [2.75, 3.05) is 4.90 Å². The summed E-state index contributed by atoms with van der Waals surface area (Å²) in [6.45, 7) is 3.98. The standard InChI is InChI=1S/C15H20N2O2S/c1-10(2)12-13(18)16-15(6-3-4-7-15)14(19)17(12)11-5-8-20-9-11/h5,8-10,12H,3-4,6-7H2,1-2H3,(H,16,18). The smallest absolute Gasteiger partial charge is 0.253 e. The van der Waals surface area contributed by atoms with E-state index < -0.39 is 11.6 Å². The highest BCUT2D eigenvalue weighted by Gasteiger charge is 2.53. The van der Waals surface area contributed by atoms with Gasteiger partial charge in [0.05, 0.1) is 5.69 Å². The first-order valence-corrected chi connectivity index (χ1v) is 8.17. The molecule has 1 aromatic rings. The number of carbonyl (C=O) groups excluding carboxylic acids is 2. The summed E-state index contributed by atoms with van der Waals surface area (Å²) in [4.78, 5) is 27.3. The van der Waals surface area contributed by atoms with Crippen LogP contribution in [-0.4, -0.2) is 23.4 Å². The third kappa shape index (κ3) is 1.95. The quantitative estimate of drug-likeness (QED) is 0.910. The van der Waals surface area contributed by atoms with Crippen LogP contribution in [-0.2, 0) is 9.59 Å². The van der Waals surface area contributed by atoms with Gasteiger partial charge in [0, 0.05) is 5.38 Å². The zero-order chi connectivity index (χ0) is 14.3. The van der Waals surface area contributed by atoms with Crippen molar-refractivity contribution in [1.82, 2.24) is 5.32 Å². The first kappa shape index (κ1) is 13.6. The highest BCUT2D eigenvalue weighted by Crippen LogP contribution is 2.38. The van der Waals surface area contributed by atoms with Crippen molar-refractivity contribution in [3.05, 3.63) is 16.8 Å². The molecule has 1 aromatic heterocycles. The van der Waals surface area contributed by atoms with E-state index in [4.69, 9.17) is 0 Å². The minimum atomic E-state index is -0.648. The average Bonchev–Trinajstić information content (AvgIpc) is 3.04. The second-order valence-electron chi connectivity index (χ2n) is 6.12. The van der Waals surface area contributed by atoms with Crippen LogP contribution < -0.4 is 10.2 Å². The van der Waals surface area contributed by atoms with Crippen molar-refractivity contribution >= 4 is 28.8 Å². The molecule has 108 valence electrons. The Labute approximate surface area is 123 Å². The number of hydrogen-bond donors (Lipinski definition) is 1. The Kier molecular flexibility index (Phi) is 3.32. The van der Waals surface area contributed by atoms with Crippen molar-refractivity contribution < 1.29 is 9.59 Å². The van der Waals surface area contributed by atoms with Crippen LogP contribution in [0.2, 0.25) is 0 Å². The number of rotatable bonds is 2. The monoisotopic (exact) mass is 292 g/mol. The third-order valence-corrected chi connectivity index (χ3v) is 5.08. The fraction of sp³-hybridized carbons (Fsp3) is 0.600. The maximum absolute atomic E-state index is 13.0. The Morgan fingerprint density at radius 1 is 1.35 bits per heavy atom. The molecule has 2 aliphatic rings. The van der Waals surface area contributed by atoms with Gasteiger partial charge in [0.2, 0.25) is 5.91 Å². The van der Waals surface area contributed by atoms with Gasteiger partial charge >= 0.3 is 0 Å². The molecule has 4 nitrogen and oxygen atoms in total. The number of nitrogens with one attached hydrogen (secondary N) is 1. The molecular formula is C15H20N2O2S. The van der Waals surface area contributed by atoms with Gasteiger partial charge in [-0.3, -0.25) is 14.5 Å². The molecule has 2 heterocycles. The Bertz CT molecular complexity index is 518. The molecule has 0 bridgehead atoms. The normalized spacial score (nSPS) is 25.6. The fourth-order valence-corrected chi connectivity index (χ4v) is 4.06. The number of amides is 2. The van der Waals surface area contributed by atoms with Gasteiger partial charge in [0.1, 0.15) is 11.6 Å². The molecule has 3 rings (SSSR count). The van der Waals surface area contributed by atoms with Crippen molar-refractivity contribution in [3.8, 4) is 0 Å². The molecule has 1 saturated heterocycles. The summed E-state index contributed by atoms with van der Waals surface area (Å²) >= 11 is 1.56. The van der Waals surface area contributed by atoms with E-state index in [0.717, 1.165) is 31.4 Å². The lowest BCUT2D eigenvalue weighted by Gasteiger charge is -2.45. The summed E-state index contributed by atoms with van der Waals surface area (Å²) < 4.78 is 0. The van der Waals surface area contributed by atoms with Crippen LogP contribution in [0.15, 0.2) is 16.8 Å². The summed E-state index contributed by atoms with van der Waals surface area (Å²) in [6.07, 6.45) is 3.55. The van der Waals surface area contributed by atoms with Crippen LogP contribution in [0.4, 0.5) is 5.69 Å². The van der Waals surface area contributed by atoms with Gasteiger partial charge in [-0.1, -0.05) is 26.7 Å². The van der Waals surface area contributed by atoms with Crippen LogP contribution >= 0.6 is 11.3 Å². The first-order valence-electron chi connectivity index (χ1n) is 7.23. The van der Waals surface area contributed by atoms with Gasteiger partial charge in [-0.05, 0) is 30.2 Å². The minimum absolute atomic E-state index is 0.00676. The molecule has 0 radical (unpaired) electrons. The van der Waals surface area contributed by atoms with Crippen LogP contribution in [0.25, 0.3) is 0 Å². The molecule has 0 aromatic carbocycles. The number of nitrogens with zero attached hydrogens (tertiary/aromatic N) is 1. The Hall–Kier alpha value is -1.36. The molecule has 1 N–H and O–H groups in total. The minimum Gasteiger partial charge on any atom is -0.340 e. The van der Waals surface area contributed by atoms with E-state index >= 15 is 0 Å². The lowest BCUT2D eigenvalue weighted by Crippen LogP contribution is -2.70. The van der Waals surface area contributed by atoms with Gasteiger partial charge < -0.3 is 5.32 Å². The van der Waals surface area contributed by atoms with E-state index in [0.29, 0.717) is 0 Å². The van der Waals surface area contributed by atoms with E-state index in [2.05, 4.69) is 5.32 Å². The van der Waals surface area contributed by atoms with Gasteiger partial charge in [-0.15, -0.1) is 0 Å².